The zero-order valence-electron chi connectivity index (χ0n) is 13.9. The first-order valence-electron chi connectivity index (χ1n) is 8.53. The third-order valence-electron chi connectivity index (χ3n) is 4.38. The van der Waals surface area contributed by atoms with E-state index >= 15 is 0 Å². The normalized spacial score (nSPS) is 17.3. The largest absolute Gasteiger partial charge is 0.331 e. The van der Waals surface area contributed by atoms with Gasteiger partial charge in [0.25, 0.3) is 0 Å². The summed E-state index contributed by atoms with van der Waals surface area (Å²) in [6.45, 7) is 9.10. The lowest BCUT2D eigenvalue weighted by Crippen LogP contribution is -2.52. The van der Waals surface area contributed by atoms with E-state index in [1.165, 1.54) is 25.8 Å². The molecule has 1 saturated heterocycles. The summed E-state index contributed by atoms with van der Waals surface area (Å²) in [6, 6.07) is 10.2. The molecule has 4 heteroatoms. The van der Waals surface area contributed by atoms with Crippen molar-refractivity contribution in [1.29, 1.82) is 0 Å². The lowest BCUT2D eigenvalue weighted by atomic mass is 10.1. The molecule has 0 aromatic heterocycles. The van der Waals surface area contributed by atoms with Gasteiger partial charge in [0.2, 0.25) is 0 Å². The minimum absolute atomic E-state index is 0.0521. The fraction of sp³-hybridized carbons (Fsp3) is 0.611. The second-order valence-electron chi connectivity index (χ2n) is 6.12. The highest BCUT2D eigenvalue weighted by Gasteiger charge is 2.21. The first-order chi connectivity index (χ1) is 10.7. The van der Waals surface area contributed by atoms with E-state index in [2.05, 4.69) is 29.3 Å². The van der Waals surface area contributed by atoms with E-state index in [1.807, 2.05) is 30.0 Å². The van der Waals surface area contributed by atoms with Crippen LogP contribution in [0, 0.1) is 0 Å². The number of amides is 2. The number of carbonyl (C=O) groups excluding carboxylic acids is 1. The van der Waals surface area contributed by atoms with Crippen molar-refractivity contribution in [3.05, 3.63) is 35.9 Å². The molecule has 4 nitrogen and oxygen atoms in total. The molecule has 22 heavy (non-hydrogen) atoms. The number of urea groups is 1. The summed E-state index contributed by atoms with van der Waals surface area (Å²) < 4.78 is 0. The number of rotatable bonds is 6. The average molecular weight is 303 g/mol. The number of piperazine rings is 1. The molecular weight excluding hydrogens is 274 g/mol. The predicted octanol–water partition coefficient (Wildman–Crippen LogP) is 3.27. The van der Waals surface area contributed by atoms with Crippen molar-refractivity contribution < 1.29 is 4.79 Å². The van der Waals surface area contributed by atoms with Gasteiger partial charge in [-0.25, -0.2) is 4.79 Å². The van der Waals surface area contributed by atoms with Gasteiger partial charge in [-0.1, -0.05) is 50.1 Å². The Morgan fingerprint density at radius 3 is 2.45 bits per heavy atom. The maximum Gasteiger partial charge on any atom is 0.317 e. The molecule has 1 heterocycles. The Hall–Kier alpha value is -1.55. The molecule has 122 valence electrons. The SMILES string of the molecule is CCCCCN1CCN(C(=O)NC(C)c2ccccc2)CC1. The van der Waals surface area contributed by atoms with Crippen LogP contribution in [0.5, 0.6) is 0 Å². The Balaban J connectivity index is 1.73. The Labute approximate surface area is 134 Å². The third-order valence-corrected chi connectivity index (χ3v) is 4.38. The predicted molar refractivity (Wildman–Crippen MR) is 90.9 cm³/mol. The lowest BCUT2D eigenvalue weighted by molar-refractivity contribution is 0.136. The number of hydrogen-bond acceptors (Lipinski definition) is 2. The van der Waals surface area contributed by atoms with Crippen LogP contribution in [0.3, 0.4) is 0 Å². The molecule has 1 aromatic carbocycles. The van der Waals surface area contributed by atoms with E-state index in [-0.39, 0.29) is 12.1 Å². The van der Waals surface area contributed by atoms with Gasteiger partial charge >= 0.3 is 6.03 Å². The van der Waals surface area contributed by atoms with Crippen LogP contribution in [0.4, 0.5) is 4.79 Å². The highest BCUT2D eigenvalue weighted by Crippen LogP contribution is 2.12. The van der Waals surface area contributed by atoms with Gasteiger partial charge in [-0.2, -0.15) is 0 Å². The summed E-state index contributed by atoms with van der Waals surface area (Å²) in [7, 11) is 0. The molecule has 0 spiro atoms. The fourth-order valence-corrected chi connectivity index (χ4v) is 2.86. The maximum atomic E-state index is 12.3. The standard InChI is InChI=1S/C18H29N3O/c1-3-4-8-11-20-12-14-21(15-13-20)18(22)19-16(2)17-9-6-5-7-10-17/h5-7,9-10,16H,3-4,8,11-15H2,1-2H3,(H,19,22). The Kier molecular flexibility index (Phi) is 6.72. The Morgan fingerprint density at radius 2 is 1.82 bits per heavy atom. The monoisotopic (exact) mass is 303 g/mol. The fourth-order valence-electron chi connectivity index (χ4n) is 2.86. The number of nitrogens with zero attached hydrogens (tertiary/aromatic N) is 2. The second kappa shape index (κ2) is 8.79. The number of benzene rings is 1. The van der Waals surface area contributed by atoms with Gasteiger partial charge in [-0.15, -0.1) is 0 Å². The maximum absolute atomic E-state index is 12.3. The minimum atomic E-state index is 0.0521. The van der Waals surface area contributed by atoms with Crippen molar-refractivity contribution in [1.82, 2.24) is 15.1 Å². The van der Waals surface area contributed by atoms with Crippen molar-refractivity contribution in [2.75, 3.05) is 32.7 Å². The van der Waals surface area contributed by atoms with E-state index in [9.17, 15) is 4.79 Å². The van der Waals surface area contributed by atoms with Crippen LogP contribution in [-0.2, 0) is 0 Å². The van der Waals surface area contributed by atoms with Crippen molar-refractivity contribution in [2.45, 2.75) is 39.2 Å². The highest BCUT2D eigenvalue weighted by molar-refractivity contribution is 5.74. The first kappa shape index (κ1) is 16.8. The van der Waals surface area contributed by atoms with Gasteiger partial charge in [0.15, 0.2) is 0 Å². The molecule has 0 saturated carbocycles. The molecule has 0 radical (unpaired) electrons. The van der Waals surface area contributed by atoms with E-state index in [4.69, 9.17) is 0 Å². The van der Waals surface area contributed by atoms with Gasteiger partial charge in [0.1, 0.15) is 0 Å². The third kappa shape index (κ3) is 5.02. The zero-order chi connectivity index (χ0) is 15.8. The van der Waals surface area contributed by atoms with E-state index in [0.29, 0.717) is 0 Å². The summed E-state index contributed by atoms with van der Waals surface area (Å²) in [5, 5.41) is 3.10. The highest BCUT2D eigenvalue weighted by atomic mass is 16.2. The van der Waals surface area contributed by atoms with Crippen LogP contribution < -0.4 is 5.32 Å². The zero-order valence-corrected chi connectivity index (χ0v) is 13.9. The second-order valence-corrected chi connectivity index (χ2v) is 6.12. The van der Waals surface area contributed by atoms with Crippen LogP contribution in [0.15, 0.2) is 30.3 Å². The quantitative estimate of drug-likeness (QED) is 0.819. The molecule has 1 aliphatic rings. The molecule has 1 aliphatic heterocycles. The summed E-state index contributed by atoms with van der Waals surface area (Å²) >= 11 is 0. The lowest BCUT2D eigenvalue weighted by Gasteiger charge is -2.35. The molecule has 2 rings (SSSR count). The van der Waals surface area contributed by atoms with Gasteiger partial charge in [0.05, 0.1) is 6.04 Å². The van der Waals surface area contributed by atoms with Crippen LogP contribution in [0.25, 0.3) is 0 Å². The number of unbranched alkanes of at least 4 members (excludes halogenated alkanes) is 2. The topological polar surface area (TPSA) is 35.6 Å². The average Bonchev–Trinajstić information content (AvgIpc) is 2.56. The molecular formula is C18H29N3O. The smallest absolute Gasteiger partial charge is 0.317 e. The van der Waals surface area contributed by atoms with Gasteiger partial charge < -0.3 is 10.2 Å². The van der Waals surface area contributed by atoms with Gasteiger partial charge in [-0.05, 0) is 25.5 Å². The van der Waals surface area contributed by atoms with Crippen LogP contribution in [0.1, 0.15) is 44.7 Å². The van der Waals surface area contributed by atoms with Gasteiger partial charge in [-0.3, -0.25) is 4.90 Å². The molecule has 1 atom stereocenters. The first-order valence-corrected chi connectivity index (χ1v) is 8.53. The number of carbonyl (C=O) groups is 1. The molecule has 2 amide bonds. The van der Waals surface area contributed by atoms with Crippen molar-refractivity contribution in [2.24, 2.45) is 0 Å². The summed E-state index contributed by atoms with van der Waals surface area (Å²) in [6.07, 6.45) is 3.84. The molecule has 1 unspecified atom stereocenters. The summed E-state index contributed by atoms with van der Waals surface area (Å²) in [5.74, 6) is 0. The molecule has 0 bridgehead atoms. The van der Waals surface area contributed by atoms with Crippen LogP contribution in [0.2, 0.25) is 0 Å². The van der Waals surface area contributed by atoms with E-state index in [0.717, 1.165) is 31.7 Å². The summed E-state index contributed by atoms with van der Waals surface area (Å²) in [4.78, 5) is 16.8. The number of nitrogens with one attached hydrogen (secondary N) is 1. The van der Waals surface area contributed by atoms with Crippen molar-refractivity contribution in [3.63, 3.8) is 0 Å². The molecule has 0 aliphatic carbocycles. The molecule has 1 N–H and O–H groups in total. The van der Waals surface area contributed by atoms with E-state index < -0.39 is 0 Å². The summed E-state index contributed by atoms with van der Waals surface area (Å²) in [5.41, 5.74) is 1.15. The molecule has 1 aromatic rings. The number of hydrogen-bond donors (Lipinski definition) is 1. The van der Waals surface area contributed by atoms with Crippen molar-refractivity contribution >= 4 is 6.03 Å². The molecule has 1 fully saturated rings. The Bertz CT molecular complexity index is 441. The van der Waals surface area contributed by atoms with Gasteiger partial charge in [0, 0.05) is 26.2 Å². The Morgan fingerprint density at radius 1 is 1.14 bits per heavy atom. The minimum Gasteiger partial charge on any atom is -0.331 e. The van der Waals surface area contributed by atoms with Crippen LogP contribution in [-0.4, -0.2) is 48.6 Å². The van der Waals surface area contributed by atoms with E-state index in [1.54, 1.807) is 0 Å². The van der Waals surface area contributed by atoms with Crippen LogP contribution >= 0.6 is 0 Å². The van der Waals surface area contributed by atoms with Crippen molar-refractivity contribution in [3.8, 4) is 0 Å².